The van der Waals surface area contributed by atoms with Crippen molar-refractivity contribution in [2.75, 3.05) is 13.4 Å². The second-order valence-electron chi connectivity index (χ2n) is 7.61. The third-order valence-electron chi connectivity index (χ3n) is 5.47. The number of nitrogens with one attached hydrogen (secondary N) is 1. The van der Waals surface area contributed by atoms with Gasteiger partial charge in [0.25, 0.3) is 0 Å². The molecule has 154 valence electrons. The van der Waals surface area contributed by atoms with Crippen LogP contribution in [0, 0.1) is 19.8 Å². The van der Waals surface area contributed by atoms with Crippen molar-refractivity contribution >= 4 is 11.9 Å². The highest BCUT2D eigenvalue weighted by Gasteiger charge is 2.34. The molecule has 0 saturated heterocycles. The molecule has 0 unspecified atom stereocenters. The highest BCUT2D eigenvalue weighted by molar-refractivity contribution is 5.90. The van der Waals surface area contributed by atoms with Crippen LogP contribution < -0.4 is 9.47 Å². The number of nitrogens with zero attached hydrogens (tertiary/aromatic N) is 1. The van der Waals surface area contributed by atoms with Crippen LogP contribution >= 0.6 is 0 Å². The minimum absolute atomic E-state index is 0.105. The molecule has 0 bridgehead atoms. The lowest BCUT2D eigenvalue weighted by molar-refractivity contribution is -0.133. The summed E-state index contributed by atoms with van der Waals surface area (Å²) in [6.07, 6.45) is 1.88. The maximum atomic E-state index is 13.0. The smallest absolute Gasteiger partial charge is 0.355 e. The van der Waals surface area contributed by atoms with Gasteiger partial charge < -0.3 is 24.1 Å². The number of ether oxygens (including phenoxy) is 3. The molecule has 0 spiro atoms. The molecule has 1 aromatic carbocycles. The zero-order chi connectivity index (χ0) is 20.5. The Labute approximate surface area is 169 Å². The maximum absolute atomic E-state index is 13.0. The van der Waals surface area contributed by atoms with Gasteiger partial charge in [0.1, 0.15) is 5.69 Å². The Kier molecular flexibility index (Phi) is 5.22. The van der Waals surface area contributed by atoms with Gasteiger partial charge in [-0.3, -0.25) is 4.79 Å². The Hall–Kier alpha value is -2.96. The van der Waals surface area contributed by atoms with Crippen LogP contribution in [0.1, 0.15) is 52.6 Å². The van der Waals surface area contributed by atoms with Crippen molar-refractivity contribution in [2.45, 2.75) is 46.7 Å². The molecule has 4 rings (SSSR count). The van der Waals surface area contributed by atoms with Crippen molar-refractivity contribution in [3.05, 3.63) is 46.3 Å². The number of amides is 1. The number of hydrogen-bond donors (Lipinski definition) is 1. The molecule has 7 nitrogen and oxygen atoms in total. The van der Waals surface area contributed by atoms with Gasteiger partial charge in [0.2, 0.25) is 12.7 Å². The number of esters is 1. The third kappa shape index (κ3) is 3.95. The van der Waals surface area contributed by atoms with E-state index in [9.17, 15) is 9.59 Å². The molecule has 2 aliphatic rings. The van der Waals surface area contributed by atoms with Gasteiger partial charge in [0, 0.05) is 24.7 Å². The van der Waals surface area contributed by atoms with Crippen LogP contribution in [0.2, 0.25) is 0 Å². The molecule has 0 radical (unpaired) electrons. The summed E-state index contributed by atoms with van der Waals surface area (Å²) in [5.74, 6) is 1.33. The number of carbonyl (C=O) groups is 2. The van der Waals surface area contributed by atoms with Crippen LogP contribution in [-0.4, -0.2) is 35.2 Å². The number of fused-ring (bicyclic) bond motifs is 1. The first-order valence-corrected chi connectivity index (χ1v) is 10.0. The molecule has 2 aromatic rings. The Bertz CT molecular complexity index is 945. The van der Waals surface area contributed by atoms with Gasteiger partial charge in [-0.2, -0.15) is 0 Å². The number of carbonyl (C=O) groups excluding carboxylic acids is 2. The van der Waals surface area contributed by atoms with Crippen molar-refractivity contribution in [1.29, 1.82) is 0 Å². The quantitative estimate of drug-likeness (QED) is 0.723. The summed E-state index contributed by atoms with van der Waals surface area (Å²) in [5, 5.41) is 0. The Morgan fingerprint density at radius 3 is 2.66 bits per heavy atom. The summed E-state index contributed by atoms with van der Waals surface area (Å²) in [6, 6.07) is 5.76. The molecule has 1 fully saturated rings. The first-order chi connectivity index (χ1) is 14.0. The Balaban J connectivity index is 1.58. The molecule has 1 N–H and O–H groups in total. The molecule has 1 aliphatic heterocycles. The Morgan fingerprint density at radius 1 is 1.17 bits per heavy atom. The lowest BCUT2D eigenvalue weighted by atomic mass is 10.1. The summed E-state index contributed by atoms with van der Waals surface area (Å²) in [7, 11) is 0. The second kappa shape index (κ2) is 7.81. The van der Waals surface area contributed by atoms with Gasteiger partial charge in [-0.15, -0.1) is 0 Å². The predicted molar refractivity (Wildman–Crippen MR) is 106 cm³/mol. The summed E-state index contributed by atoms with van der Waals surface area (Å²) in [6.45, 7) is 7.06. The molecule has 1 amide bonds. The molecule has 7 heteroatoms. The third-order valence-corrected chi connectivity index (χ3v) is 5.47. The van der Waals surface area contributed by atoms with Crippen molar-refractivity contribution < 1.29 is 23.8 Å². The van der Waals surface area contributed by atoms with Gasteiger partial charge in [-0.05, 0) is 62.4 Å². The van der Waals surface area contributed by atoms with Crippen molar-refractivity contribution in [3.8, 4) is 11.5 Å². The molecule has 1 saturated carbocycles. The van der Waals surface area contributed by atoms with Gasteiger partial charge in [-0.1, -0.05) is 6.07 Å². The average Bonchev–Trinajstić information content (AvgIpc) is 3.38. The minimum atomic E-state index is -0.366. The van der Waals surface area contributed by atoms with E-state index in [4.69, 9.17) is 14.2 Å². The average molecular weight is 398 g/mol. The zero-order valence-corrected chi connectivity index (χ0v) is 17.0. The number of benzene rings is 1. The van der Waals surface area contributed by atoms with E-state index in [0.29, 0.717) is 31.1 Å². The highest BCUT2D eigenvalue weighted by Crippen LogP contribution is 2.35. The van der Waals surface area contributed by atoms with Crippen LogP contribution in [0.5, 0.6) is 11.5 Å². The molecular weight excluding hydrogens is 372 g/mol. The van der Waals surface area contributed by atoms with Gasteiger partial charge >= 0.3 is 5.97 Å². The summed E-state index contributed by atoms with van der Waals surface area (Å²) < 4.78 is 16.0. The molecule has 2 heterocycles. The Morgan fingerprint density at radius 2 is 1.93 bits per heavy atom. The van der Waals surface area contributed by atoms with Crippen LogP contribution in [0.25, 0.3) is 0 Å². The number of aromatic nitrogens is 1. The van der Waals surface area contributed by atoms with Gasteiger partial charge in [0.15, 0.2) is 11.5 Å². The van der Waals surface area contributed by atoms with E-state index in [0.717, 1.165) is 41.0 Å². The normalized spacial score (nSPS) is 14.7. The van der Waals surface area contributed by atoms with E-state index in [-0.39, 0.29) is 24.6 Å². The zero-order valence-electron chi connectivity index (χ0n) is 17.0. The molecule has 1 aromatic heterocycles. The molecule has 29 heavy (non-hydrogen) atoms. The summed E-state index contributed by atoms with van der Waals surface area (Å²) in [5.41, 5.74) is 4.12. The number of rotatable bonds is 7. The van der Waals surface area contributed by atoms with Crippen LogP contribution in [0.3, 0.4) is 0 Å². The van der Waals surface area contributed by atoms with E-state index in [1.54, 1.807) is 6.92 Å². The minimum Gasteiger partial charge on any atom is -0.461 e. The molecule has 1 aliphatic carbocycles. The van der Waals surface area contributed by atoms with E-state index in [2.05, 4.69) is 4.98 Å². The number of H-pyrrole nitrogens is 1. The summed E-state index contributed by atoms with van der Waals surface area (Å²) >= 11 is 0. The van der Waals surface area contributed by atoms with Crippen LogP contribution in [0.15, 0.2) is 18.2 Å². The number of hydrogen-bond acceptors (Lipinski definition) is 5. The SMILES string of the molecule is CCOC(=O)c1[nH]c(C)c(CN(Cc2ccc3c(c2)OCO3)C(=O)C2CC2)c1C. The first kappa shape index (κ1) is 19.4. The van der Waals surface area contributed by atoms with Gasteiger partial charge in [-0.25, -0.2) is 4.79 Å². The standard InChI is InChI=1S/C22H26N2O5/c1-4-27-22(26)20-13(2)17(14(3)23-20)11-24(21(25)16-6-7-16)10-15-5-8-18-19(9-15)29-12-28-18/h5,8-9,16,23H,4,6-7,10-12H2,1-3H3. The van der Waals surface area contributed by atoms with E-state index in [1.165, 1.54) is 0 Å². The fourth-order valence-corrected chi connectivity index (χ4v) is 3.68. The number of aromatic amines is 1. The molecule has 0 atom stereocenters. The second-order valence-corrected chi connectivity index (χ2v) is 7.61. The fourth-order valence-electron chi connectivity index (χ4n) is 3.68. The largest absolute Gasteiger partial charge is 0.461 e. The van der Waals surface area contributed by atoms with Crippen molar-refractivity contribution in [1.82, 2.24) is 9.88 Å². The van der Waals surface area contributed by atoms with Crippen molar-refractivity contribution in [3.63, 3.8) is 0 Å². The van der Waals surface area contributed by atoms with E-state index >= 15 is 0 Å². The van der Waals surface area contributed by atoms with Crippen LogP contribution in [-0.2, 0) is 22.6 Å². The van der Waals surface area contributed by atoms with E-state index in [1.807, 2.05) is 36.9 Å². The lowest BCUT2D eigenvalue weighted by Crippen LogP contribution is -2.31. The molecular formula is C22H26N2O5. The van der Waals surface area contributed by atoms with Gasteiger partial charge in [0.05, 0.1) is 6.61 Å². The van der Waals surface area contributed by atoms with E-state index < -0.39 is 0 Å². The van der Waals surface area contributed by atoms with Crippen molar-refractivity contribution in [2.24, 2.45) is 5.92 Å². The highest BCUT2D eigenvalue weighted by atomic mass is 16.7. The summed E-state index contributed by atoms with van der Waals surface area (Å²) in [4.78, 5) is 30.2. The maximum Gasteiger partial charge on any atom is 0.355 e. The predicted octanol–water partition coefficient (Wildman–Crippen LogP) is 3.48. The topological polar surface area (TPSA) is 80.9 Å². The number of aryl methyl sites for hydroxylation is 1. The van der Waals surface area contributed by atoms with Crippen LogP contribution in [0.4, 0.5) is 0 Å². The lowest BCUT2D eigenvalue weighted by Gasteiger charge is -2.24. The fraction of sp³-hybridized carbons (Fsp3) is 0.455. The monoisotopic (exact) mass is 398 g/mol. The first-order valence-electron chi connectivity index (χ1n) is 10.0.